The Hall–Kier alpha value is -3.55. The molecule has 7 nitrogen and oxygen atoms in total. The highest BCUT2D eigenvalue weighted by Gasteiger charge is 2.31. The molecule has 0 spiro atoms. The molecule has 27 heavy (non-hydrogen) atoms. The molecule has 0 amide bonds. The first-order chi connectivity index (χ1) is 13.1. The van der Waals surface area contributed by atoms with E-state index in [1.54, 1.807) is 12.1 Å². The van der Waals surface area contributed by atoms with E-state index < -0.39 is 4.92 Å². The van der Waals surface area contributed by atoms with Gasteiger partial charge in [-0.25, -0.2) is 14.4 Å². The summed E-state index contributed by atoms with van der Waals surface area (Å²) in [6.45, 7) is 0.906. The largest absolute Gasteiger partial charge is 0.360 e. The minimum atomic E-state index is -0.469. The van der Waals surface area contributed by atoms with E-state index in [9.17, 15) is 14.5 Å². The predicted octanol–water partition coefficient (Wildman–Crippen LogP) is 3.83. The Morgan fingerprint density at radius 1 is 1.15 bits per heavy atom. The van der Waals surface area contributed by atoms with Gasteiger partial charge in [-0.2, -0.15) is 0 Å². The third-order valence-corrected chi connectivity index (χ3v) is 4.50. The van der Waals surface area contributed by atoms with E-state index >= 15 is 0 Å². The molecular formula is C19H16FN5O2. The van der Waals surface area contributed by atoms with Crippen LogP contribution in [-0.4, -0.2) is 21.4 Å². The quantitative estimate of drug-likeness (QED) is 0.546. The summed E-state index contributed by atoms with van der Waals surface area (Å²) in [5.74, 6) is 0.0713. The van der Waals surface area contributed by atoms with Crippen molar-refractivity contribution in [2.24, 2.45) is 0 Å². The van der Waals surface area contributed by atoms with Gasteiger partial charge in [0.1, 0.15) is 12.1 Å². The summed E-state index contributed by atoms with van der Waals surface area (Å²) >= 11 is 0. The normalized spacial score (nSPS) is 12.7. The predicted molar refractivity (Wildman–Crippen MR) is 99.6 cm³/mol. The zero-order valence-electron chi connectivity index (χ0n) is 14.3. The lowest BCUT2D eigenvalue weighted by Gasteiger charge is -2.19. The minimum absolute atomic E-state index is 0.138. The van der Waals surface area contributed by atoms with Crippen molar-refractivity contribution in [2.45, 2.75) is 13.0 Å². The van der Waals surface area contributed by atoms with Gasteiger partial charge in [0, 0.05) is 18.8 Å². The van der Waals surface area contributed by atoms with E-state index in [2.05, 4.69) is 15.3 Å². The molecule has 1 aliphatic heterocycles. The lowest BCUT2D eigenvalue weighted by atomic mass is 10.2. The molecule has 0 atom stereocenters. The summed E-state index contributed by atoms with van der Waals surface area (Å²) in [5, 5.41) is 14.8. The molecule has 0 aliphatic carbocycles. The molecule has 0 bridgehead atoms. The van der Waals surface area contributed by atoms with Crippen LogP contribution in [0.15, 0.2) is 54.9 Å². The van der Waals surface area contributed by atoms with Crippen molar-refractivity contribution in [3.8, 4) is 0 Å². The zero-order chi connectivity index (χ0) is 18.8. The van der Waals surface area contributed by atoms with Crippen LogP contribution in [0.4, 0.5) is 27.4 Å². The Morgan fingerprint density at radius 2 is 1.93 bits per heavy atom. The fourth-order valence-electron chi connectivity index (χ4n) is 3.21. The summed E-state index contributed by atoms with van der Waals surface area (Å²) < 4.78 is 13.0. The number of aromatic nitrogens is 2. The van der Waals surface area contributed by atoms with Crippen LogP contribution < -0.4 is 10.2 Å². The van der Waals surface area contributed by atoms with Gasteiger partial charge in [-0.1, -0.05) is 30.3 Å². The molecule has 2 aromatic carbocycles. The molecule has 1 aromatic heterocycles. The van der Waals surface area contributed by atoms with Crippen molar-refractivity contribution in [2.75, 3.05) is 16.8 Å². The molecule has 4 rings (SSSR count). The lowest BCUT2D eigenvalue weighted by Crippen LogP contribution is -2.18. The number of nitrogens with zero attached hydrogens (tertiary/aromatic N) is 4. The molecule has 0 saturated carbocycles. The van der Waals surface area contributed by atoms with Gasteiger partial charge in [0.2, 0.25) is 11.6 Å². The first-order valence-electron chi connectivity index (χ1n) is 8.46. The maximum Gasteiger partial charge on any atom is 0.353 e. The molecule has 8 heteroatoms. The second-order valence-corrected chi connectivity index (χ2v) is 6.16. The summed E-state index contributed by atoms with van der Waals surface area (Å²) in [4.78, 5) is 21.4. The number of nitro groups is 1. The van der Waals surface area contributed by atoms with Crippen LogP contribution in [0, 0.1) is 15.9 Å². The Balaban J connectivity index is 1.67. The van der Waals surface area contributed by atoms with E-state index in [0.717, 1.165) is 23.2 Å². The number of halogens is 1. The third-order valence-electron chi connectivity index (χ3n) is 4.50. The summed E-state index contributed by atoms with van der Waals surface area (Å²) in [5.41, 5.74) is 2.67. The van der Waals surface area contributed by atoms with Crippen molar-refractivity contribution in [1.82, 2.24) is 9.97 Å². The van der Waals surface area contributed by atoms with Crippen LogP contribution in [0.1, 0.15) is 11.1 Å². The number of anilines is 3. The molecule has 0 radical (unpaired) electrons. The SMILES string of the molecule is O=[N+]([O-])c1c(NCc2ccc(F)cc2)ncnc1N1CCc2ccccc21. The van der Waals surface area contributed by atoms with Crippen LogP contribution in [0.3, 0.4) is 0 Å². The first kappa shape index (κ1) is 16.9. The van der Waals surface area contributed by atoms with Gasteiger partial charge < -0.3 is 10.2 Å². The topological polar surface area (TPSA) is 84.2 Å². The highest BCUT2D eigenvalue weighted by molar-refractivity contribution is 5.78. The average molecular weight is 365 g/mol. The number of benzene rings is 2. The Labute approximate surface area is 154 Å². The van der Waals surface area contributed by atoms with E-state index in [4.69, 9.17) is 0 Å². The maximum atomic E-state index is 13.0. The standard InChI is InChI=1S/C19H16FN5O2/c20-15-7-5-13(6-8-15)11-21-18-17(25(26)27)19(23-12-22-18)24-10-9-14-3-1-2-4-16(14)24/h1-8,12H,9-11H2,(H,21,22,23). The molecule has 3 aromatic rings. The van der Waals surface area contributed by atoms with Crippen LogP contribution in [0.5, 0.6) is 0 Å². The van der Waals surface area contributed by atoms with Crippen LogP contribution in [0.25, 0.3) is 0 Å². The van der Waals surface area contributed by atoms with Crippen molar-refractivity contribution in [3.63, 3.8) is 0 Å². The highest BCUT2D eigenvalue weighted by Crippen LogP contribution is 2.40. The fourth-order valence-corrected chi connectivity index (χ4v) is 3.21. The summed E-state index contributed by atoms with van der Waals surface area (Å²) in [7, 11) is 0. The Bertz CT molecular complexity index is 994. The molecule has 2 heterocycles. The summed E-state index contributed by atoms with van der Waals surface area (Å²) in [6, 6.07) is 13.7. The number of para-hydroxylation sites is 1. The average Bonchev–Trinajstić information content (AvgIpc) is 3.11. The molecule has 0 unspecified atom stereocenters. The molecule has 136 valence electrons. The second-order valence-electron chi connectivity index (χ2n) is 6.16. The van der Waals surface area contributed by atoms with E-state index in [0.29, 0.717) is 6.54 Å². The lowest BCUT2D eigenvalue weighted by molar-refractivity contribution is -0.383. The number of rotatable bonds is 5. The van der Waals surface area contributed by atoms with Crippen LogP contribution in [-0.2, 0) is 13.0 Å². The fraction of sp³-hybridized carbons (Fsp3) is 0.158. The molecule has 0 saturated heterocycles. The number of fused-ring (bicyclic) bond motifs is 1. The first-order valence-corrected chi connectivity index (χ1v) is 8.46. The third kappa shape index (κ3) is 3.29. The van der Waals surface area contributed by atoms with Gasteiger partial charge in [0.05, 0.1) is 4.92 Å². The smallest absolute Gasteiger partial charge is 0.353 e. The van der Waals surface area contributed by atoms with Gasteiger partial charge in [-0.05, 0) is 35.7 Å². The number of hydrogen-bond acceptors (Lipinski definition) is 6. The summed E-state index contributed by atoms with van der Waals surface area (Å²) in [6.07, 6.45) is 2.12. The van der Waals surface area contributed by atoms with E-state index in [-0.39, 0.29) is 29.7 Å². The zero-order valence-corrected chi connectivity index (χ0v) is 14.3. The van der Waals surface area contributed by atoms with Crippen molar-refractivity contribution >= 4 is 23.0 Å². The maximum absolute atomic E-state index is 13.0. The molecule has 1 N–H and O–H groups in total. The van der Waals surface area contributed by atoms with Crippen molar-refractivity contribution in [1.29, 1.82) is 0 Å². The van der Waals surface area contributed by atoms with E-state index in [1.165, 1.54) is 18.5 Å². The molecule has 1 aliphatic rings. The Morgan fingerprint density at radius 3 is 2.70 bits per heavy atom. The van der Waals surface area contributed by atoms with Gasteiger partial charge in [0.15, 0.2) is 0 Å². The van der Waals surface area contributed by atoms with Gasteiger partial charge >= 0.3 is 5.69 Å². The molecular weight excluding hydrogens is 349 g/mol. The van der Waals surface area contributed by atoms with Gasteiger partial charge in [0.25, 0.3) is 0 Å². The second kappa shape index (κ2) is 6.99. The minimum Gasteiger partial charge on any atom is -0.360 e. The Kier molecular flexibility index (Phi) is 4.37. The monoisotopic (exact) mass is 365 g/mol. The van der Waals surface area contributed by atoms with Crippen LogP contribution in [0.2, 0.25) is 0 Å². The number of hydrogen-bond donors (Lipinski definition) is 1. The van der Waals surface area contributed by atoms with Gasteiger partial charge in [-0.15, -0.1) is 0 Å². The number of nitrogens with one attached hydrogen (secondary N) is 1. The van der Waals surface area contributed by atoms with Crippen LogP contribution >= 0.6 is 0 Å². The van der Waals surface area contributed by atoms with Crippen molar-refractivity contribution in [3.05, 3.63) is 81.9 Å². The highest BCUT2D eigenvalue weighted by atomic mass is 19.1. The van der Waals surface area contributed by atoms with E-state index in [1.807, 2.05) is 29.2 Å². The van der Waals surface area contributed by atoms with Crippen molar-refractivity contribution < 1.29 is 9.31 Å². The van der Waals surface area contributed by atoms with Gasteiger partial charge in [-0.3, -0.25) is 10.1 Å². The molecule has 0 fully saturated rings.